The second-order valence-electron chi connectivity index (χ2n) is 5.14. The minimum absolute atomic E-state index is 0.0147. The first kappa shape index (κ1) is 15.8. The summed E-state index contributed by atoms with van der Waals surface area (Å²) >= 11 is 6.01. The zero-order valence-electron chi connectivity index (χ0n) is 12.1. The zero-order chi connectivity index (χ0) is 14.9. The number of nitrogens with zero attached hydrogens (tertiary/aromatic N) is 4. The number of imidazole rings is 1. The molecule has 20 heavy (non-hydrogen) atoms. The van der Waals surface area contributed by atoms with Crippen LogP contribution in [0, 0.1) is 0 Å². The minimum atomic E-state index is -3.62. The van der Waals surface area contributed by atoms with Crippen molar-refractivity contribution in [3.63, 3.8) is 0 Å². The van der Waals surface area contributed by atoms with Crippen LogP contribution in [0.1, 0.15) is 19.8 Å². The molecule has 1 aromatic heterocycles. The third-order valence-corrected chi connectivity index (χ3v) is 6.38. The highest BCUT2D eigenvalue weighted by Gasteiger charge is 2.33. The van der Waals surface area contributed by atoms with Crippen molar-refractivity contribution in [1.29, 1.82) is 0 Å². The van der Waals surface area contributed by atoms with E-state index >= 15 is 0 Å². The molecule has 0 radical (unpaired) electrons. The molecule has 1 aliphatic heterocycles. The number of likely N-dealkylation sites (tertiary alicyclic amines) is 1. The summed E-state index contributed by atoms with van der Waals surface area (Å²) in [4.78, 5) is 6.25. The number of halogens is 1. The molecule has 0 N–H and O–H groups in total. The number of hydrogen-bond donors (Lipinski definition) is 0. The van der Waals surface area contributed by atoms with Gasteiger partial charge in [-0.25, -0.2) is 13.4 Å². The fraction of sp³-hybridized carbons (Fsp3) is 0.750. The molecule has 0 aliphatic carbocycles. The maximum absolute atomic E-state index is 12.6. The monoisotopic (exact) mass is 320 g/mol. The molecular formula is C12H21ClN4O2S. The van der Waals surface area contributed by atoms with E-state index in [9.17, 15) is 8.42 Å². The van der Waals surface area contributed by atoms with E-state index in [1.165, 1.54) is 15.2 Å². The highest BCUT2D eigenvalue weighted by Crippen LogP contribution is 2.26. The van der Waals surface area contributed by atoms with Crippen molar-refractivity contribution in [1.82, 2.24) is 18.8 Å². The first-order valence-corrected chi connectivity index (χ1v) is 8.57. The molecule has 8 heteroatoms. The van der Waals surface area contributed by atoms with Gasteiger partial charge in [-0.05, 0) is 32.5 Å². The molecule has 6 nitrogen and oxygen atoms in total. The summed E-state index contributed by atoms with van der Waals surface area (Å²) in [5.41, 5.74) is 0. The standard InChI is InChI=1S/C12H21ClN4O2S/c1-4-17-7-5-10(6-8-17)16(3)20(18,19)12-11(13)15(2)9-14-12/h9-10H,4-8H2,1-3H3. The maximum Gasteiger partial charge on any atom is 0.263 e. The summed E-state index contributed by atoms with van der Waals surface area (Å²) in [6.45, 7) is 4.98. The topological polar surface area (TPSA) is 58.4 Å². The van der Waals surface area contributed by atoms with Gasteiger partial charge in [0.15, 0.2) is 0 Å². The van der Waals surface area contributed by atoms with E-state index in [2.05, 4.69) is 16.8 Å². The highest BCUT2D eigenvalue weighted by atomic mass is 35.5. The fourth-order valence-corrected chi connectivity index (χ4v) is 4.30. The van der Waals surface area contributed by atoms with E-state index in [0.717, 1.165) is 32.5 Å². The molecular weight excluding hydrogens is 300 g/mol. The highest BCUT2D eigenvalue weighted by molar-refractivity contribution is 7.89. The third kappa shape index (κ3) is 2.86. The van der Waals surface area contributed by atoms with Crippen LogP contribution in [0.15, 0.2) is 11.4 Å². The van der Waals surface area contributed by atoms with Crippen LogP contribution in [-0.4, -0.2) is 59.9 Å². The van der Waals surface area contributed by atoms with Crippen molar-refractivity contribution >= 4 is 21.6 Å². The van der Waals surface area contributed by atoms with Gasteiger partial charge in [0.05, 0.1) is 6.33 Å². The van der Waals surface area contributed by atoms with Crippen molar-refractivity contribution < 1.29 is 8.42 Å². The van der Waals surface area contributed by atoms with Crippen molar-refractivity contribution in [3.05, 3.63) is 11.5 Å². The Kier molecular flexibility index (Phi) is 4.73. The van der Waals surface area contributed by atoms with Crippen LogP contribution >= 0.6 is 11.6 Å². The van der Waals surface area contributed by atoms with Crippen LogP contribution < -0.4 is 0 Å². The predicted octanol–water partition coefficient (Wildman–Crippen LogP) is 1.18. The van der Waals surface area contributed by atoms with Crippen LogP contribution in [0.25, 0.3) is 0 Å². The number of aryl methyl sites for hydroxylation is 1. The van der Waals surface area contributed by atoms with Gasteiger partial charge in [0.2, 0.25) is 5.03 Å². The second-order valence-corrected chi connectivity index (χ2v) is 7.41. The molecule has 0 bridgehead atoms. The lowest BCUT2D eigenvalue weighted by molar-refractivity contribution is 0.176. The molecule has 1 saturated heterocycles. The Morgan fingerprint density at radius 3 is 2.50 bits per heavy atom. The molecule has 0 unspecified atom stereocenters. The lowest BCUT2D eigenvalue weighted by atomic mass is 10.1. The molecule has 2 rings (SSSR count). The van der Waals surface area contributed by atoms with Crippen LogP contribution in [-0.2, 0) is 17.1 Å². The van der Waals surface area contributed by atoms with Crippen molar-refractivity contribution in [3.8, 4) is 0 Å². The van der Waals surface area contributed by atoms with Gasteiger partial charge < -0.3 is 9.47 Å². The first-order valence-electron chi connectivity index (χ1n) is 6.75. The Hall–Kier alpha value is -0.630. The van der Waals surface area contributed by atoms with Crippen LogP contribution in [0.5, 0.6) is 0 Å². The largest absolute Gasteiger partial charge is 0.324 e. The lowest BCUT2D eigenvalue weighted by Gasteiger charge is -2.35. The molecule has 0 amide bonds. The van der Waals surface area contributed by atoms with Gasteiger partial charge in [0, 0.05) is 20.1 Å². The lowest BCUT2D eigenvalue weighted by Crippen LogP contribution is -2.45. The van der Waals surface area contributed by atoms with Gasteiger partial charge in [0.1, 0.15) is 5.15 Å². The van der Waals surface area contributed by atoms with E-state index in [4.69, 9.17) is 11.6 Å². The average Bonchev–Trinajstić information content (AvgIpc) is 2.79. The first-order chi connectivity index (χ1) is 9.37. The number of piperidine rings is 1. The summed E-state index contributed by atoms with van der Waals surface area (Å²) in [7, 11) is -0.329. The molecule has 1 fully saturated rings. The molecule has 0 aromatic carbocycles. The van der Waals surface area contributed by atoms with E-state index in [1.807, 2.05) is 0 Å². The molecule has 1 aliphatic rings. The summed E-state index contributed by atoms with van der Waals surface area (Å²) < 4.78 is 28.1. The van der Waals surface area contributed by atoms with E-state index < -0.39 is 10.0 Å². The molecule has 2 heterocycles. The van der Waals surface area contributed by atoms with Gasteiger partial charge in [0.25, 0.3) is 10.0 Å². The van der Waals surface area contributed by atoms with Crippen molar-refractivity contribution in [2.75, 3.05) is 26.7 Å². The molecule has 0 spiro atoms. The Labute approximate surface area is 125 Å². The van der Waals surface area contributed by atoms with Crippen LogP contribution in [0.3, 0.4) is 0 Å². The minimum Gasteiger partial charge on any atom is -0.324 e. The van der Waals surface area contributed by atoms with Gasteiger partial charge >= 0.3 is 0 Å². The van der Waals surface area contributed by atoms with Gasteiger partial charge in [-0.1, -0.05) is 18.5 Å². The van der Waals surface area contributed by atoms with E-state index in [0.29, 0.717) is 0 Å². The van der Waals surface area contributed by atoms with Crippen molar-refractivity contribution in [2.45, 2.75) is 30.8 Å². The summed E-state index contributed by atoms with van der Waals surface area (Å²) in [6.07, 6.45) is 3.10. The van der Waals surface area contributed by atoms with Gasteiger partial charge in [-0.3, -0.25) is 0 Å². The van der Waals surface area contributed by atoms with E-state index in [-0.39, 0.29) is 16.2 Å². The maximum atomic E-state index is 12.6. The Morgan fingerprint density at radius 2 is 2.05 bits per heavy atom. The molecule has 0 saturated carbocycles. The fourth-order valence-electron chi connectivity index (χ4n) is 2.50. The van der Waals surface area contributed by atoms with Crippen molar-refractivity contribution in [2.24, 2.45) is 7.05 Å². The quantitative estimate of drug-likeness (QED) is 0.836. The Morgan fingerprint density at radius 1 is 1.45 bits per heavy atom. The number of sulfonamides is 1. The average molecular weight is 321 g/mol. The van der Waals surface area contributed by atoms with Gasteiger partial charge in [-0.15, -0.1) is 0 Å². The zero-order valence-corrected chi connectivity index (χ0v) is 13.7. The molecule has 0 atom stereocenters. The van der Waals surface area contributed by atoms with Gasteiger partial charge in [-0.2, -0.15) is 4.31 Å². The third-order valence-electron chi connectivity index (χ3n) is 3.98. The summed E-state index contributed by atoms with van der Waals surface area (Å²) in [5, 5.41) is 0.102. The number of hydrogen-bond acceptors (Lipinski definition) is 4. The predicted molar refractivity (Wildman–Crippen MR) is 78.3 cm³/mol. The Bertz CT molecular complexity index is 564. The Balaban J connectivity index is 2.16. The smallest absolute Gasteiger partial charge is 0.263 e. The SMILES string of the molecule is CCN1CCC(N(C)S(=O)(=O)c2ncn(C)c2Cl)CC1. The number of rotatable bonds is 4. The van der Waals surface area contributed by atoms with E-state index in [1.54, 1.807) is 14.1 Å². The molecule has 114 valence electrons. The van der Waals surface area contributed by atoms with Crippen LogP contribution in [0.2, 0.25) is 5.15 Å². The normalized spacial score (nSPS) is 18.9. The second kappa shape index (κ2) is 6.01. The summed E-state index contributed by atoms with van der Waals surface area (Å²) in [5.74, 6) is 0. The summed E-state index contributed by atoms with van der Waals surface area (Å²) in [6, 6.07) is 0.0147. The van der Waals surface area contributed by atoms with Crippen LogP contribution in [0.4, 0.5) is 0 Å². The number of aromatic nitrogens is 2. The molecule has 1 aromatic rings.